The SMILES string of the molecule is CCNc1ccccc1CF. The molecule has 0 saturated heterocycles. The first-order chi connectivity index (χ1) is 5.38. The molecule has 1 aromatic carbocycles. The zero-order valence-electron chi connectivity index (χ0n) is 6.60. The molecule has 0 aliphatic rings. The van der Waals surface area contributed by atoms with E-state index in [-0.39, 0.29) is 0 Å². The van der Waals surface area contributed by atoms with E-state index in [9.17, 15) is 4.39 Å². The van der Waals surface area contributed by atoms with Gasteiger partial charge in [0.2, 0.25) is 0 Å². The molecule has 0 heterocycles. The van der Waals surface area contributed by atoms with Gasteiger partial charge in [-0.25, -0.2) is 4.39 Å². The number of benzene rings is 1. The molecule has 1 rings (SSSR count). The fraction of sp³-hybridized carbons (Fsp3) is 0.333. The summed E-state index contributed by atoms with van der Waals surface area (Å²) in [5, 5.41) is 3.09. The Kier molecular flexibility index (Phi) is 2.90. The first-order valence-electron chi connectivity index (χ1n) is 3.76. The lowest BCUT2D eigenvalue weighted by Crippen LogP contribution is -1.99. The second kappa shape index (κ2) is 3.96. The molecule has 0 radical (unpaired) electrons. The summed E-state index contributed by atoms with van der Waals surface area (Å²) in [5.74, 6) is 0. The Morgan fingerprint density at radius 1 is 1.36 bits per heavy atom. The van der Waals surface area contributed by atoms with Crippen LogP contribution in [0.2, 0.25) is 0 Å². The smallest absolute Gasteiger partial charge is 0.116 e. The van der Waals surface area contributed by atoms with E-state index in [1.165, 1.54) is 0 Å². The number of halogens is 1. The molecule has 0 bridgehead atoms. The van der Waals surface area contributed by atoms with Crippen molar-refractivity contribution in [1.82, 2.24) is 0 Å². The number of para-hydroxylation sites is 1. The Balaban J connectivity index is 2.83. The third-order valence-electron chi connectivity index (χ3n) is 1.53. The number of nitrogens with one attached hydrogen (secondary N) is 1. The maximum atomic E-state index is 12.3. The Morgan fingerprint density at radius 3 is 2.73 bits per heavy atom. The van der Waals surface area contributed by atoms with Gasteiger partial charge >= 0.3 is 0 Å². The van der Waals surface area contributed by atoms with E-state index >= 15 is 0 Å². The lowest BCUT2D eigenvalue weighted by molar-refractivity contribution is 0.486. The van der Waals surface area contributed by atoms with Crippen LogP contribution in [0, 0.1) is 0 Å². The van der Waals surface area contributed by atoms with Crippen LogP contribution in [0.15, 0.2) is 24.3 Å². The van der Waals surface area contributed by atoms with Crippen LogP contribution in [0.5, 0.6) is 0 Å². The predicted octanol–water partition coefficient (Wildman–Crippen LogP) is 2.59. The van der Waals surface area contributed by atoms with Gasteiger partial charge < -0.3 is 5.32 Å². The molecular weight excluding hydrogens is 141 g/mol. The lowest BCUT2D eigenvalue weighted by atomic mass is 10.2. The molecule has 0 spiro atoms. The van der Waals surface area contributed by atoms with E-state index in [0.29, 0.717) is 0 Å². The monoisotopic (exact) mass is 153 g/mol. The second-order valence-electron chi connectivity index (χ2n) is 2.32. The van der Waals surface area contributed by atoms with Crippen molar-refractivity contribution in [3.8, 4) is 0 Å². The summed E-state index contributed by atoms with van der Waals surface area (Å²) in [6.45, 7) is 2.43. The zero-order chi connectivity index (χ0) is 8.10. The molecule has 60 valence electrons. The van der Waals surface area contributed by atoms with Crippen LogP contribution in [0.1, 0.15) is 12.5 Å². The van der Waals surface area contributed by atoms with Crippen molar-refractivity contribution in [2.24, 2.45) is 0 Å². The molecule has 1 nitrogen and oxygen atoms in total. The fourth-order valence-electron chi connectivity index (χ4n) is 1.000. The molecule has 0 aromatic heterocycles. The second-order valence-corrected chi connectivity index (χ2v) is 2.32. The van der Waals surface area contributed by atoms with Crippen molar-refractivity contribution >= 4 is 5.69 Å². The van der Waals surface area contributed by atoms with Gasteiger partial charge in [-0.15, -0.1) is 0 Å². The van der Waals surface area contributed by atoms with Crippen molar-refractivity contribution < 1.29 is 4.39 Å². The third-order valence-corrected chi connectivity index (χ3v) is 1.53. The number of hydrogen-bond donors (Lipinski definition) is 1. The molecule has 0 amide bonds. The van der Waals surface area contributed by atoms with Crippen LogP contribution in [-0.4, -0.2) is 6.54 Å². The summed E-state index contributed by atoms with van der Waals surface area (Å²) < 4.78 is 12.3. The summed E-state index contributed by atoms with van der Waals surface area (Å²) in [6, 6.07) is 7.42. The first-order valence-corrected chi connectivity index (χ1v) is 3.76. The van der Waals surface area contributed by atoms with Gasteiger partial charge in [0.1, 0.15) is 6.67 Å². The topological polar surface area (TPSA) is 12.0 Å². The average molecular weight is 153 g/mol. The Hall–Kier alpha value is -1.05. The van der Waals surface area contributed by atoms with Gasteiger partial charge in [-0.1, -0.05) is 18.2 Å². The van der Waals surface area contributed by atoms with Crippen LogP contribution in [0.4, 0.5) is 10.1 Å². The minimum atomic E-state index is -0.400. The van der Waals surface area contributed by atoms with E-state index in [4.69, 9.17) is 0 Å². The molecule has 0 atom stereocenters. The Morgan fingerprint density at radius 2 is 2.09 bits per heavy atom. The molecule has 0 unspecified atom stereocenters. The Labute approximate surface area is 66.2 Å². The number of rotatable bonds is 3. The van der Waals surface area contributed by atoms with Gasteiger partial charge in [-0.2, -0.15) is 0 Å². The molecule has 0 aliphatic heterocycles. The maximum absolute atomic E-state index is 12.3. The lowest BCUT2D eigenvalue weighted by Gasteiger charge is -2.06. The van der Waals surface area contributed by atoms with Gasteiger partial charge in [-0.05, 0) is 13.0 Å². The highest BCUT2D eigenvalue weighted by molar-refractivity contribution is 5.50. The van der Waals surface area contributed by atoms with E-state index in [1.54, 1.807) is 6.07 Å². The molecular formula is C9H12FN. The van der Waals surface area contributed by atoms with Crippen LogP contribution in [-0.2, 0) is 6.67 Å². The summed E-state index contributed by atoms with van der Waals surface area (Å²) in [7, 11) is 0. The van der Waals surface area contributed by atoms with Gasteiger partial charge in [0.25, 0.3) is 0 Å². The van der Waals surface area contributed by atoms with Gasteiger partial charge in [0.05, 0.1) is 0 Å². The molecule has 1 aromatic rings. The Bertz CT molecular complexity index is 223. The van der Waals surface area contributed by atoms with E-state index in [1.807, 2.05) is 25.1 Å². The first kappa shape index (κ1) is 8.05. The maximum Gasteiger partial charge on any atom is 0.116 e. The van der Waals surface area contributed by atoms with Gasteiger partial charge in [0, 0.05) is 17.8 Å². The van der Waals surface area contributed by atoms with Crippen LogP contribution in [0.25, 0.3) is 0 Å². The van der Waals surface area contributed by atoms with Crippen LogP contribution in [0.3, 0.4) is 0 Å². The molecule has 0 saturated carbocycles. The third kappa shape index (κ3) is 1.93. The highest BCUT2D eigenvalue weighted by Crippen LogP contribution is 2.15. The number of hydrogen-bond acceptors (Lipinski definition) is 1. The number of anilines is 1. The summed E-state index contributed by atoms with van der Waals surface area (Å²) in [5.41, 5.74) is 1.63. The van der Waals surface area contributed by atoms with Gasteiger partial charge in [-0.3, -0.25) is 0 Å². The van der Waals surface area contributed by atoms with Crippen LogP contribution >= 0.6 is 0 Å². The molecule has 0 fully saturated rings. The molecule has 11 heavy (non-hydrogen) atoms. The fourth-order valence-corrected chi connectivity index (χ4v) is 1.000. The molecule has 2 heteroatoms. The van der Waals surface area contributed by atoms with Gasteiger partial charge in [0.15, 0.2) is 0 Å². The number of alkyl halides is 1. The van der Waals surface area contributed by atoms with Crippen molar-refractivity contribution in [1.29, 1.82) is 0 Å². The standard InChI is InChI=1S/C9H12FN/c1-2-11-9-6-4-3-5-8(9)7-10/h3-6,11H,2,7H2,1H3. The van der Waals surface area contributed by atoms with E-state index in [2.05, 4.69) is 5.32 Å². The van der Waals surface area contributed by atoms with Crippen molar-refractivity contribution in [3.63, 3.8) is 0 Å². The van der Waals surface area contributed by atoms with E-state index in [0.717, 1.165) is 17.8 Å². The highest BCUT2D eigenvalue weighted by atomic mass is 19.1. The van der Waals surface area contributed by atoms with E-state index < -0.39 is 6.67 Å². The largest absolute Gasteiger partial charge is 0.385 e. The average Bonchev–Trinajstić information content (AvgIpc) is 2.06. The summed E-state index contributed by atoms with van der Waals surface area (Å²) >= 11 is 0. The molecule has 1 N–H and O–H groups in total. The minimum Gasteiger partial charge on any atom is -0.385 e. The summed E-state index contributed by atoms with van der Waals surface area (Å²) in [6.07, 6.45) is 0. The van der Waals surface area contributed by atoms with Crippen LogP contribution < -0.4 is 5.32 Å². The normalized spacial score (nSPS) is 9.64. The van der Waals surface area contributed by atoms with Crippen molar-refractivity contribution in [2.45, 2.75) is 13.6 Å². The highest BCUT2D eigenvalue weighted by Gasteiger charge is 1.97. The van der Waals surface area contributed by atoms with Crippen molar-refractivity contribution in [2.75, 3.05) is 11.9 Å². The quantitative estimate of drug-likeness (QED) is 0.703. The predicted molar refractivity (Wildman–Crippen MR) is 45.4 cm³/mol. The zero-order valence-corrected chi connectivity index (χ0v) is 6.60. The van der Waals surface area contributed by atoms with Crippen molar-refractivity contribution in [3.05, 3.63) is 29.8 Å². The molecule has 0 aliphatic carbocycles. The minimum absolute atomic E-state index is 0.400. The summed E-state index contributed by atoms with van der Waals surface area (Å²) in [4.78, 5) is 0.